The number of rotatable bonds is 4. The Morgan fingerprint density at radius 1 is 1.18 bits per heavy atom. The molecular weight excluding hydrogens is 346 g/mol. The molecule has 0 aliphatic heterocycles. The number of nitrogens with one attached hydrogen (secondary N) is 1. The molecule has 2 aromatic rings. The van der Waals surface area contributed by atoms with Crippen LogP contribution < -0.4 is 5.32 Å². The Balaban J connectivity index is 2.39. The van der Waals surface area contributed by atoms with Gasteiger partial charge in [-0.15, -0.1) is 0 Å². The molecule has 4 heteroatoms. The van der Waals surface area contributed by atoms with Crippen molar-refractivity contribution in [2.24, 2.45) is 0 Å². The average Bonchev–Trinajstić information content (AvgIpc) is 2.74. The van der Waals surface area contributed by atoms with Crippen LogP contribution in [-0.2, 0) is 0 Å². The highest BCUT2D eigenvalue weighted by Gasteiger charge is 2.18. The summed E-state index contributed by atoms with van der Waals surface area (Å²) in [5.41, 5.74) is 1.18. The van der Waals surface area contributed by atoms with E-state index in [1.54, 1.807) is 0 Å². The summed E-state index contributed by atoms with van der Waals surface area (Å²) in [6.45, 7) is 2.96. The predicted octanol–water partition coefficient (Wildman–Crippen LogP) is 4.50. The zero-order valence-electron chi connectivity index (χ0n) is 9.41. The Morgan fingerprint density at radius 2 is 1.94 bits per heavy atom. The van der Waals surface area contributed by atoms with Gasteiger partial charge >= 0.3 is 0 Å². The van der Waals surface area contributed by atoms with E-state index in [2.05, 4.69) is 50.2 Å². The summed E-state index contributed by atoms with van der Waals surface area (Å²) in [6.07, 6.45) is 0. The van der Waals surface area contributed by atoms with E-state index in [0.29, 0.717) is 0 Å². The third-order valence-electron chi connectivity index (χ3n) is 2.50. The Hall–Kier alpha value is -0.580. The van der Waals surface area contributed by atoms with Gasteiger partial charge in [0.05, 0.1) is 6.04 Å². The molecule has 0 radical (unpaired) electrons. The van der Waals surface area contributed by atoms with Crippen molar-refractivity contribution in [1.29, 1.82) is 0 Å². The zero-order chi connectivity index (χ0) is 12.3. The van der Waals surface area contributed by atoms with Gasteiger partial charge < -0.3 is 9.73 Å². The van der Waals surface area contributed by atoms with Gasteiger partial charge in [0.25, 0.3) is 0 Å². The van der Waals surface area contributed by atoms with Crippen molar-refractivity contribution in [3.63, 3.8) is 0 Å². The third kappa shape index (κ3) is 3.00. The summed E-state index contributed by atoms with van der Waals surface area (Å²) in [5, 5.41) is 3.42. The van der Waals surface area contributed by atoms with Crippen molar-refractivity contribution >= 4 is 31.9 Å². The lowest BCUT2D eigenvalue weighted by Crippen LogP contribution is -2.21. The van der Waals surface area contributed by atoms with Crippen LogP contribution in [-0.4, -0.2) is 6.54 Å². The quantitative estimate of drug-likeness (QED) is 0.870. The summed E-state index contributed by atoms with van der Waals surface area (Å²) in [4.78, 5) is 0. The first-order valence-corrected chi connectivity index (χ1v) is 7.04. The molecule has 1 heterocycles. The molecule has 0 fully saturated rings. The molecule has 90 valence electrons. The summed E-state index contributed by atoms with van der Waals surface area (Å²) < 4.78 is 7.48. The molecule has 1 aromatic carbocycles. The standard InChI is InChI=1S/C13H13Br2NO/c1-2-16-13(11-7-8-12(15)17-11)9-5-3-4-6-10(9)14/h3-8,13,16H,2H2,1H3. The highest BCUT2D eigenvalue weighted by atomic mass is 79.9. The van der Waals surface area contributed by atoms with Gasteiger partial charge in [-0.2, -0.15) is 0 Å². The van der Waals surface area contributed by atoms with Crippen LogP contribution in [0.3, 0.4) is 0 Å². The van der Waals surface area contributed by atoms with Gasteiger partial charge in [0.1, 0.15) is 5.76 Å². The van der Waals surface area contributed by atoms with Gasteiger partial charge in [0, 0.05) is 4.47 Å². The molecule has 0 saturated heterocycles. The molecule has 1 aromatic heterocycles. The first kappa shape index (κ1) is 12.9. The van der Waals surface area contributed by atoms with E-state index in [1.165, 1.54) is 5.56 Å². The topological polar surface area (TPSA) is 25.2 Å². The van der Waals surface area contributed by atoms with E-state index >= 15 is 0 Å². The molecule has 2 rings (SSSR count). The van der Waals surface area contributed by atoms with Crippen LogP contribution in [0.25, 0.3) is 0 Å². The Labute approximate surface area is 118 Å². The third-order valence-corrected chi connectivity index (χ3v) is 3.65. The number of hydrogen-bond donors (Lipinski definition) is 1. The van der Waals surface area contributed by atoms with Crippen molar-refractivity contribution < 1.29 is 4.42 Å². The SMILES string of the molecule is CCNC(c1ccc(Br)o1)c1ccccc1Br. The predicted molar refractivity (Wildman–Crippen MR) is 76.1 cm³/mol. The van der Waals surface area contributed by atoms with E-state index in [0.717, 1.165) is 21.4 Å². The summed E-state index contributed by atoms with van der Waals surface area (Å²) in [6, 6.07) is 12.1. The van der Waals surface area contributed by atoms with E-state index in [4.69, 9.17) is 4.42 Å². The van der Waals surface area contributed by atoms with Crippen LogP contribution in [0.1, 0.15) is 24.3 Å². The molecule has 0 aliphatic rings. The van der Waals surface area contributed by atoms with E-state index in [9.17, 15) is 0 Å². The maximum atomic E-state index is 5.64. The fraction of sp³-hybridized carbons (Fsp3) is 0.231. The molecule has 1 unspecified atom stereocenters. The fourth-order valence-corrected chi connectivity index (χ4v) is 2.59. The summed E-state index contributed by atoms with van der Waals surface area (Å²) in [7, 11) is 0. The van der Waals surface area contributed by atoms with Gasteiger partial charge in [-0.3, -0.25) is 0 Å². The van der Waals surface area contributed by atoms with E-state index in [1.807, 2.05) is 30.3 Å². The van der Waals surface area contributed by atoms with Gasteiger partial charge in [0.15, 0.2) is 4.67 Å². The average molecular weight is 359 g/mol. The number of hydrogen-bond acceptors (Lipinski definition) is 2. The maximum absolute atomic E-state index is 5.64. The first-order chi connectivity index (χ1) is 8.22. The molecular formula is C13H13Br2NO. The fourth-order valence-electron chi connectivity index (χ4n) is 1.76. The van der Waals surface area contributed by atoms with Crippen LogP contribution in [0.5, 0.6) is 0 Å². The molecule has 0 spiro atoms. The van der Waals surface area contributed by atoms with E-state index < -0.39 is 0 Å². The minimum atomic E-state index is 0.0712. The van der Waals surface area contributed by atoms with Gasteiger partial charge in [-0.1, -0.05) is 41.1 Å². The second-order valence-corrected chi connectivity index (χ2v) is 5.29. The molecule has 0 bridgehead atoms. The van der Waals surface area contributed by atoms with Crippen molar-refractivity contribution in [2.75, 3.05) is 6.54 Å². The van der Waals surface area contributed by atoms with Crippen molar-refractivity contribution in [3.8, 4) is 0 Å². The molecule has 2 nitrogen and oxygen atoms in total. The normalized spacial score (nSPS) is 12.6. The largest absolute Gasteiger partial charge is 0.452 e. The molecule has 0 saturated carbocycles. The first-order valence-electron chi connectivity index (χ1n) is 5.45. The van der Waals surface area contributed by atoms with Crippen LogP contribution in [0.15, 0.2) is 50.0 Å². The Kier molecular flexibility index (Phi) is 4.42. The Morgan fingerprint density at radius 3 is 2.53 bits per heavy atom. The maximum Gasteiger partial charge on any atom is 0.169 e. The lowest BCUT2D eigenvalue weighted by Gasteiger charge is -2.17. The summed E-state index contributed by atoms with van der Waals surface area (Å²) in [5.74, 6) is 0.908. The van der Waals surface area contributed by atoms with E-state index in [-0.39, 0.29) is 6.04 Å². The van der Waals surface area contributed by atoms with Gasteiger partial charge in [0.2, 0.25) is 0 Å². The van der Waals surface area contributed by atoms with Gasteiger partial charge in [-0.05, 0) is 46.2 Å². The number of furan rings is 1. The second-order valence-electron chi connectivity index (χ2n) is 3.65. The smallest absolute Gasteiger partial charge is 0.169 e. The molecule has 1 atom stereocenters. The molecule has 0 aliphatic carbocycles. The van der Waals surface area contributed by atoms with Crippen LogP contribution in [0, 0.1) is 0 Å². The van der Waals surface area contributed by atoms with Crippen molar-refractivity contribution in [1.82, 2.24) is 5.32 Å². The lowest BCUT2D eigenvalue weighted by molar-refractivity contribution is 0.437. The zero-order valence-corrected chi connectivity index (χ0v) is 12.6. The minimum Gasteiger partial charge on any atom is -0.452 e. The van der Waals surface area contributed by atoms with Crippen molar-refractivity contribution in [2.45, 2.75) is 13.0 Å². The Bertz CT molecular complexity index is 496. The molecule has 0 amide bonds. The monoisotopic (exact) mass is 357 g/mol. The number of benzene rings is 1. The molecule has 17 heavy (non-hydrogen) atoms. The highest BCUT2D eigenvalue weighted by Crippen LogP contribution is 2.30. The summed E-state index contributed by atoms with van der Waals surface area (Å²) >= 11 is 6.91. The van der Waals surface area contributed by atoms with Crippen LogP contribution in [0.4, 0.5) is 0 Å². The van der Waals surface area contributed by atoms with Crippen LogP contribution in [0.2, 0.25) is 0 Å². The van der Waals surface area contributed by atoms with Crippen LogP contribution >= 0.6 is 31.9 Å². The van der Waals surface area contributed by atoms with Crippen molar-refractivity contribution in [3.05, 3.63) is 56.9 Å². The second kappa shape index (κ2) is 5.85. The minimum absolute atomic E-state index is 0.0712. The highest BCUT2D eigenvalue weighted by molar-refractivity contribution is 9.10. The lowest BCUT2D eigenvalue weighted by atomic mass is 10.0. The van der Waals surface area contributed by atoms with Gasteiger partial charge in [-0.25, -0.2) is 0 Å². The number of halogens is 2. The molecule has 1 N–H and O–H groups in total.